The lowest BCUT2D eigenvalue weighted by atomic mass is 9.92. The van der Waals surface area contributed by atoms with E-state index in [-0.39, 0.29) is 16.7 Å². The summed E-state index contributed by atoms with van der Waals surface area (Å²) in [4.78, 5) is 42.5. The average Bonchev–Trinajstić information content (AvgIpc) is 3.50. The van der Waals surface area contributed by atoms with E-state index < -0.39 is 28.0 Å². The van der Waals surface area contributed by atoms with Crippen LogP contribution in [-0.2, 0) is 26.7 Å². The Morgan fingerprint density at radius 3 is 2.20 bits per heavy atom. The molecule has 1 aliphatic rings. The SMILES string of the molecule is CC(=O)Nc1ccc(S(=O)(=O)NNC(=O)C(C)N2C(=O)c3ccccc3C2c2c(-c3ccccc3)n(C)c3ccccc23)cc1. The molecule has 0 fully saturated rings. The normalized spacial score (nSPS) is 15.1. The van der Waals surface area contributed by atoms with Crippen LogP contribution in [0.15, 0.2) is 108 Å². The van der Waals surface area contributed by atoms with E-state index in [0.29, 0.717) is 11.3 Å². The van der Waals surface area contributed by atoms with Gasteiger partial charge in [-0.05, 0) is 54.4 Å². The lowest BCUT2D eigenvalue weighted by Crippen LogP contribution is -2.52. The molecule has 3 amide bonds. The predicted molar refractivity (Wildman–Crippen MR) is 171 cm³/mol. The van der Waals surface area contributed by atoms with E-state index in [2.05, 4.69) is 20.1 Å². The summed E-state index contributed by atoms with van der Waals surface area (Å²) in [5.41, 5.74) is 7.69. The van der Waals surface area contributed by atoms with Gasteiger partial charge >= 0.3 is 0 Å². The van der Waals surface area contributed by atoms with Gasteiger partial charge in [0.25, 0.3) is 21.8 Å². The number of rotatable bonds is 8. The molecule has 2 heterocycles. The second-order valence-electron chi connectivity index (χ2n) is 10.9. The van der Waals surface area contributed by atoms with Gasteiger partial charge in [0, 0.05) is 41.7 Å². The molecule has 0 saturated carbocycles. The van der Waals surface area contributed by atoms with Crippen LogP contribution in [0, 0.1) is 0 Å². The van der Waals surface area contributed by atoms with Gasteiger partial charge in [0.05, 0.1) is 16.6 Å². The number of fused-ring (bicyclic) bond motifs is 2. The number of amides is 3. The molecule has 2 atom stereocenters. The van der Waals surface area contributed by atoms with Gasteiger partial charge in [-0.15, -0.1) is 4.83 Å². The molecule has 4 aromatic carbocycles. The minimum Gasteiger partial charge on any atom is -0.343 e. The summed E-state index contributed by atoms with van der Waals surface area (Å²) >= 11 is 0. The zero-order chi connectivity index (χ0) is 31.9. The van der Waals surface area contributed by atoms with E-state index >= 15 is 0 Å². The molecule has 228 valence electrons. The van der Waals surface area contributed by atoms with Crippen molar-refractivity contribution in [3.05, 3.63) is 120 Å². The number of benzene rings is 4. The molecule has 6 rings (SSSR count). The van der Waals surface area contributed by atoms with Crippen LogP contribution >= 0.6 is 0 Å². The van der Waals surface area contributed by atoms with Crippen molar-refractivity contribution in [2.24, 2.45) is 7.05 Å². The molecule has 10 nitrogen and oxygen atoms in total. The number of hydrogen-bond acceptors (Lipinski definition) is 5. The Labute approximate surface area is 260 Å². The molecule has 0 bridgehead atoms. The maximum atomic E-state index is 14.0. The number of carbonyl (C=O) groups is 3. The van der Waals surface area contributed by atoms with E-state index in [1.165, 1.54) is 36.1 Å². The topological polar surface area (TPSA) is 130 Å². The van der Waals surface area contributed by atoms with Gasteiger partial charge < -0.3 is 14.8 Å². The smallest absolute Gasteiger partial charge is 0.257 e. The number of para-hydroxylation sites is 1. The molecular formula is C34H31N5O5S. The fourth-order valence-electron chi connectivity index (χ4n) is 6.00. The molecule has 0 saturated heterocycles. The van der Waals surface area contributed by atoms with Crippen LogP contribution in [-0.4, -0.2) is 41.6 Å². The number of nitrogens with zero attached hydrogens (tertiary/aromatic N) is 2. The first kappa shape index (κ1) is 29.8. The van der Waals surface area contributed by atoms with Crippen molar-refractivity contribution in [2.75, 3.05) is 5.32 Å². The van der Waals surface area contributed by atoms with Crippen molar-refractivity contribution in [1.29, 1.82) is 0 Å². The highest BCUT2D eigenvalue weighted by Crippen LogP contribution is 2.47. The number of sulfonamides is 1. The fourth-order valence-corrected chi connectivity index (χ4v) is 6.85. The van der Waals surface area contributed by atoms with Gasteiger partial charge in [-0.3, -0.25) is 19.8 Å². The van der Waals surface area contributed by atoms with Crippen LogP contribution < -0.4 is 15.6 Å². The maximum Gasteiger partial charge on any atom is 0.257 e. The molecule has 11 heteroatoms. The summed E-state index contributed by atoms with van der Waals surface area (Å²) in [6.45, 7) is 2.93. The highest BCUT2D eigenvalue weighted by atomic mass is 32.2. The number of nitrogens with one attached hydrogen (secondary N) is 3. The molecule has 0 aliphatic carbocycles. The number of carbonyl (C=O) groups excluding carboxylic acids is 3. The van der Waals surface area contributed by atoms with Crippen molar-refractivity contribution in [3.8, 4) is 11.3 Å². The number of aryl methyl sites for hydroxylation is 1. The molecular weight excluding hydrogens is 590 g/mol. The predicted octanol–water partition coefficient (Wildman–Crippen LogP) is 4.75. The maximum absolute atomic E-state index is 14.0. The molecule has 3 N–H and O–H groups in total. The third-order valence-corrected chi connectivity index (χ3v) is 9.32. The highest BCUT2D eigenvalue weighted by molar-refractivity contribution is 7.89. The molecule has 1 aliphatic heterocycles. The van der Waals surface area contributed by atoms with Crippen molar-refractivity contribution in [1.82, 2.24) is 19.7 Å². The Morgan fingerprint density at radius 1 is 0.844 bits per heavy atom. The first-order chi connectivity index (χ1) is 21.6. The second-order valence-corrected chi connectivity index (χ2v) is 12.6. The van der Waals surface area contributed by atoms with Gasteiger partial charge in [-0.1, -0.05) is 66.7 Å². The highest BCUT2D eigenvalue weighted by Gasteiger charge is 2.44. The van der Waals surface area contributed by atoms with E-state index in [4.69, 9.17) is 0 Å². The van der Waals surface area contributed by atoms with Gasteiger partial charge in [-0.2, -0.15) is 0 Å². The van der Waals surface area contributed by atoms with Crippen LogP contribution in [0.25, 0.3) is 22.2 Å². The van der Waals surface area contributed by atoms with Crippen LogP contribution in [0.3, 0.4) is 0 Å². The number of hydrazine groups is 1. The Bertz CT molecular complexity index is 2060. The van der Waals surface area contributed by atoms with Crippen LogP contribution in [0.4, 0.5) is 5.69 Å². The molecule has 0 radical (unpaired) electrons. The standard InChI is InChI=1S/C34H31N5O5S/c1-21(33(41)36-37-45(43,44)25-19-17-24(18-20-25)35-22(2)40)39-32(26-13-7-8-14-27(26)34(39)42)30-28-15-9-10-16-29(28)38(3)31(30)23-11-5-4-6-12-23/h4-21,32,37H,1-3H3,(H,35,40)(H,36,41). The summed E-state index contributed by atoms with van der Waals surface area (Å²) in [7, 11) is -2.18. The summed E-state index contributed by atoms with van der Waals surface area (Å²) < 4.78 is 28.1. The first-order valence-corrected chi connectivity index (χ1v) is 15.8. The van der Waals surface area contributed by atoms with Crippen LogP contribution in [0.1, 0.15) is 41.4 Å². The summed E-state index contributed by atoms with van der Waals surface area (Å²) in [6, 6.07) is 28.9. The largest absolute Gasteiger partial charge is 0.343 e. The number of aromatic nitrogens is 1. The number of hydrogen-bond donors (Lipinski definition) is 3. The minimum atomic E-state index is -4.16. The monoisotopic (exact) mass is 621 g/mol. The Balaban J connectivity index is 1.37. The van der Waals surface area contributed by atoms with Gasteiger partial charge in [0.15, 0.2) is 0 Å². The molecule has 45 heavy (non-hydrogen) atoms. The van der Waals surface area contributed by atoms with Gasteiger partial charge in [0.1, 0.15) is 6.04 Å². The van der Waals surface area contributed by atoms with Crippen molar-refractivity contribution in [2.45, 2.75) is 30.8 Å². The summed E-state index contributed by atoms with van der Waals surface area (Å²) in [5.74, 6) is -1.33. The van der Waals surface area contributed by atoms with E-state index in [1.54, 1.807) is 19.1 Å². The minimum absolute atomic E-state index is 0.115. The third-order valence-electron chi connectivity index (χ3n) is 8.06. The van der Waals surface area contributed by atoms with E-state index in [0.717, 1.165) is 33.3 Å². The van der Waals surface area contributed by atoms with Crippen LogP contribution in [0.2, 0.25) is 0 Å². The Hall–Kier alpha value is -5.26. The lowest BCUT2D eigenvalue weighted by molar-refractivity contribution is -0.126. The quantitative estimate of drug-likeness (QED) is 0.216. The lowest BCUT2D eigenvalue weighted by Gasteiger charge is -2.31. The first-order valence-electron chi connectivity index (χ1n) is 14.3. The third kappa shape index (κ3) is 5.36. The molecule has 2 unspecified atom stereocenters. The van der Waals surface area contributed by atoms with Crippen LogP contribution in [0.5, 0.6) is 0 Å². The van der Waals surface area contributed by atoms with Crippen molar-refractivity contribution in [3.63, 3.8) is 0 Å². The van der Waals surface area contributed by atoms with Gasteiger partial charge in [-0.25, -0.2) is 8.42 Å². The van der Waals surface area contributed by atoms with Crippen molar-refractivity contribution >= 4 is 44.3 Å². The van der Waals surface area contributed by atoms with E-state index in [1.807, 2.05) is 73.8 Å². The zero-order valence-corrected chi connectivity index (χ0v) is 25.6. The van der Waals surface area contributed by atoms with Crippen molar-refractivity contribution < 1.29 is 22.8 Å². The number of anilines is 1. The fraction of sp³-hybridized carbons (Fsp3) is 0.147. The average molecular weight is 622 g/mol. The molecule has 5 aromatic rings. The van der Waals surface area contributed by atoms with E-state index in [9.17, 15) is 22.8 Å². The second kappa shape index (κ2) is 11.7. The summed E-state index contributed by atoms with van der Waals surface area (Å²) in [6.07, 6.45) is 0. The molecule has 0 spiro atoms. The molecule has 1 aromatic heterocycles. The zero-order valence-electron chi connectivity index (χ0n) is 24.8. The Kier molecular flexibility index (Phi) is 7.73. The Morgan fingerprint density at radius 2 is 1.49 bits per heavy atom. The summed E-state index contributed by atoms with van der Waals surface area (Å²) in [5, 5.41) is 3.51. The van der Waals surface area contributed by atoms with Gasteiger partial charge in [0.2, 0.25) is 5.91 Å².